The van der Waals surface area contributed by atoms with Gasteiger partial charge in [-0.3, -0.25) is 9.69 Å². The molecule has 0 rings (SSSR count). The number of hydrogen-bond donors (Lipinski definition) is 1. The molecule has 2 atom stereocenters. The van der Waals surface area contributed by atoms with Crippen LogP contribution in [-0.4, -0.2) is 67.7 Å². The minimum Gasteiger partial charge on any atom is -0.383 e. The Kier molecular flexibility index (Phi) is 9.83. The maximum absolute atomic E-state index is 12.2. The summed E-state index contributed by atoms with van der Waals surface area (Å²) in [4.78, 5) is 16.3. The third-order valence-corrected chi connectivity index (χ3v) is 3.61. The van der Waals surface area contributed by atoms with Gasteiger partial charge in [0.15, 0.2) is 0 Å². The molecular weight excluding hydrogens is 242 g/mol. The number of carbonyl (C=O) groups is 1. The van der Waals surface area contributed by atoms with Crippen LogP contribution in [0.2, 0.25) is 0 Å². The summed E-state index contributed by atoms with van der Waals surface area (Å²) in [6.45, 7) is 11.7. The molecule has 1 amide bonds. The maximum Gasteiger partial charge on any atom is 0.224 e. The van der Waals surface area contributed by atoms with Crippen molar-refractivity contribution in [3.63, 3.8) is 0 Å². The highest BCUT2D eigenvalue weighted by Gasteiger charge is 2.24. The predicted octanol–water partition coefficient (Wildman–Crippen LogP) is 0.929. The Balaban J connectivity index is 4.65. The first-order valence-corrected chi connectivity index (χ1v) is 7.27. The second-order valence-corrected chi connectivity index (χ2v) is 4.79. The zero-order chi connectivity index (χ0) is 14.8. The lowest BCUT2D eigenvalue weighted by atomic mass is 10.1. The monoisotopic (exact) mass is 273 g/mol. The molecule has 5 nitrogen and oxygen atoms in total. The second-order valence-electron chi connectivity index (χ2n) is 4.79. The lowest BCUT2D eigenvalue weighted by Crippen LogP contribution is -2.49. The summed E-state index contributed by atoms with van der Waals surface area (Å²) in [5, 5.41) is 0. The molecule has 0 heterocycles. The van der Waals surface area contributed by atoms with Gasteiger partial charge in [0.05, 0.1) is 6.61 Å². The van der Waals surface area contributed by atoms with Gasteiger partial charge in [-0.05, 0) is 27.3 Å². The minimum absolute atomic E-state index is 0.0863. The topological polar surface area (TPSA) is 58.8 Å². The molecule has 114 valence electrons. The molecule has 0 aliphatic heterocycles. The van der Waals surface area contributed by atoms with Crippen LogP contribution >= 0.6 is 0 Å². The first kappa shape index (κ1) is 18.4. The first-order valence-electron chi connectivity index (χ1n) is 7.27. The van der Waals surface area contributed by atoms with Crippen molar-refractivity contribution in [2.75, 3.05) is 39.9 Å². The number of ether oxygens (including phenoxy) is 1. The van der Waals surface area contributed by atoms with E-state index in [0.29, 0.717) is 19.6 Å². The molecule has 0 fully saturated rings. The quantitative estimate of drug-likeness (QED) is 0.643. The van der Waals surface area contributed by atoms with Gasteiger partial charge in [-0.25, -0.2) is 0 Å². The van der Waals surface area contributed by atoms with Crippen LogP contribution < -0.4 is 5.73 Å². The Morgan fingerprint density at radius 3 is 2.16 bits per heavy atom. The summed E-state index contributed by atoms with van der Waals surface area (Å²) in [7, 11) is 1.70. The van der Waals surface area contributed by atoms with Gasteiger partial charge in [0.2, 0.25) is 5.91 Å². The average molecular weight is 273 g/mol. The number of likely N-dealkylation sites (N-methyl/N-ethyl adjacent to an activating group) is 1. The summed E-state index contributed by atoms with van der Waals surface area (Å²) in [6.07, 6.45) is 0.486. The summed E-state index contributed by atoms with van der Waals surface area (Å²) < 4.78 is 5.20. The van der Waals surface area contributed by atoms with E-state index < -0.39 is 0 Å². The normalized spacial score (nSPS) is 14.5. The Hall–Kier alpha value is -0.650. The standard InChI is InChI=1S/C14H31N3O2/c1-6-16(7-2)14(18)9-13(10-15)17(8-3)12(4)11-19-5/h12-13H,6-11,15H2,1-5H3. The van der Waals surface area contributed by atoms with Crippen LogP contribution in [0.1, 0.15) is 34.1 Å². The van der Waals surface area contributed by atoms with Gasteiger partial charge in [-0.1, -0.05) is 6.92 Å². The lowest BCUT2D eigenvalue weighted by molar-refractivity contribution is -0.132. The maximum atomic E-state index is 12.2. The number of methoxy groups -OCH3 is 1. The summed E-state index contributed by atoms with van der Waals surface area (Å²) in [5.41, 5.74) is 5.86. The Bertz CT molecular complexity index is 245. The first-order chi connectivity index (χ1) is 9.05. The van der Waals surface area contributed by atoms with Crippen molar-refractivity contribution in [3.05, 3.63) is 0 Å². The number of carbonyl (C=O) groups excluding carboxylic acids is 1. The molecule has 0 radical (unpaired) electrons. The molecule has 2 unspecified atom stereocenters. The van der Waals surface area contributed by atoms with Crippen molar-refractivity contribution in [2.45, 2.75) is 46.2 Å². The number of hydrogen-bond acceptors (Lipinski definition) is 4. The van der Waals surface area contributed by atoms with E-state index in [0.717, 1.165) is 19.6 Å². The van der Waals surface area contributed by atoms with E-state index in [2.05, 4.69) is 18.7 Å². The SMILES string of the molecule is CCN(CC)C(=O)CC(CN)N(CC)C(C)COC. The number of amides is 1. The van der Waals surface area contributed by atoms with Gasteiger partial charge in [0.1, 0.15) is 0 Å². The molecule has 19 heavy (non-hydrogen) atoms. The van der Waals surface area contributed by atoms with Gasteiger partial charge in [0, 0.05) is 45.2 Å². The molecule has 5 heteroatoms. The predicted molar refractivity (Wildman–Crippen MR) is 79.1 cm³/mol. The zero-order valence-corrected chi connectivity index (χ0v) is 13.2. The minimum atomic E-state index is 0.0863. The van der Waals surface area contributed by atoms with Crippen molar-refractivity contribution in [1.29, 1.82) is 0 Å². The molecule has 0 aromatic rings. The van der Waals surface area contributed by atoms with Gasteiger partial charge in [-0.15, -0.1) is 0 Å². The zero-order valence-electron chi connectivity index (χ0n) is 13.2. The number of nitrogens with zero attached hydrogens (tertiary/aromatic N) is 2. The van der Waals surface area contributed by atoms with E-state index >= 15 is 0 Å². The smallest absolute Gasteiger partial charge is 0.224 e. The summed E-state index contributed by atoms with van der Waals surface area (Å²) in [6, 6.07) is 0.358. The van der Waals surface area contributed by atoms with Gasteiger partial charge in [-0.2, -0.15) is 0 Å². The second kappa shape index (κ2) is 10.2. The fraction of sp³-hybridized carbons (Fsp3) is 0.929. The lowest BCUT2D eigenvalue weighted by Gasteiger charge is -2.35. The van der Waals surface area contributed by atoms with Crippen LogP contribution in [0.15, 0.2) is 0 Å². The van der Waals surface area contributed by atoms with Crippen LogP contribution in [0.4, 0.5) is 0 Å². The van der Waals surface area contributed by atoms with Crippen molar-refractivity contribution < 1.29 is 9.53 Å². The van der Waals surface area contributed by atoms with Gasteiger partial charge >= 0.3 is 0 Å². The molecule has 0 aliphatic rings. The molecule has 0 aromatic carbocycles. The van der Waals surface area contributed by atoms with Gasteiger partial charge in [0.25, 0.3) is 0 Å². The number of nitrogens with two attached hydrogens (primary N) is 1. The summed E-state index contributed by atoms with van der Waals surface area (Å²) >= 11 is 0. The molecule has 0 saturated carbocycles. The highest BCUT2D eigenvalue weighted by molar-refractivity contribution is 5.76. The highest BCUT2D eigenvalue weighted by atomic mass is 16.5. The van der Waals surface area contributed by atoms with E-state index in [1.807, 2.05) is 18.7 Å². The third-order valence-electron chi connectivity index (χ3n) is 3.61. The summed E-state index contributed by atoms with van der Waals surface area (Å²) in [5.74, 6) is 0.184. The van der Waals surface area contributed by atoms with Crippen molar-refractivity contribution in [3.8, 4) is 0 Å². The van der Waals surface area contributed by atoms with Crippen molar-refractivity contribution in [2.24, 2.45) is 5.73 Å². The Morgan fingerprint density at radius 1 is 1.21 bits per heavy atom. The molecule has 0 spiro atoms. The molecule has 0 saturated heterocycles. The van der Waals surface area contributed by atoms with Crippen molar-refractivity contribution >= 4 is 5.91 Å². The fourth-order valence-electron chi connectivity index (χ4n) is 2.51. The molecular formula is C14H31N3O2. The number of rotatable bonds is 10. The van der Waals surface area contributed by atoms with E-state index in [1.54, 1.807) is 7.11 Å². The van der Waals surface area contributed by atoms with Crippen LogP contribution in [0.5, 0.6) is 0 Å². The van der Waals surface area contributed by atoms with Crippen LogP contribution in [0.3, 0.4) is 0 Å². The fourth-order valence-corrected chi connectivity index (χ4v) is 2.51. The molecule has 0 aromatic heterocycles. The van der Waals surface area contributed by atoms with E-state index in [9.17, 15) is 4.79 Å². The third kappa shape index (κ3) is 5.89. The molecule has 0 aliphatic carbocycles. The molecule has 0 bridgehead atoms. The highest BCUT2D eigenvalue weighted by Crippen LogP contribution is 2.10. The Labute approximate surface area is 118 Å². The van der Waals surface area contributed by atoms with Crippen LogP contribution in [0.25, 0.3) is 0 Å². The van der Waals surface area contributed by atoms with Crippen LogP contribution in [0, 0.1) is 0 Å². The van der Waals surface area contributed by atoms with E-state index in [-0.39, 0.29) is 18.0 Å². The largest absolute Gasteiger partial charge is 0.383 e. The van der Waals surface area contributed by atoms with E-state index in [4.69, 9.17) is 10.5 Å². The van der Waals surface area contributed by atoms with Gasteiger partial charge < -0.3 is 15.4 Å². The van der Waals surface area contributed by atoms with Crippen LogP contribution in [-0.2, 0) is 9.53 Å². The average Bonchev–Trinajstić information content (AvgIpc) is 2.40. The Morgan fingerprint density at radius 2 is 1.79 bits per heavy atom. The van der Waals surface area contributed by atoms with E-state index in [1.165, 1.54) is 0 Å². The van der Waals surface area contributed by atoms with Crippen molar-refractivity contribution in [1.82, 2.24) is 9.80 Å². The molecule has 2 N–H and O–H groups in total.